The van der Waals surface area contributed by atoms with Gasteiger partial charge < -0.3 is 15.0 Å². The van der Waals surface area contributed by atoms with Gasteiger partial charge in [0.05, 0.1) is 31.5 Å². The normalized spacial score (nSPS) is 13.4. The van der Waals surface area contributed by atoms with Crippen LogP contribution in [0, 0.1) is 27.7 Å². The van der Waals surface area contributed by atoms with Crippen LogP contribution in [0.1, 0.15) is 34.2 Å². The second-order valence-corrected chi connectivity index (χ2v) is 7.36. The van der Waals surface area contributed by atoms with Crippen molar-refractivity contribution in [1.29, 1.82) is 0 Å². The monoisotopic (exact) mass is 378 g/mol. The maximum absolute atomic E-state index is 13.1. The van der Waals surface area contributed by atoms with E-state index in [0.29, 0.717) is 12.2 Å². The number of rotatable bonds is 4. The van der Waals surface area contributed by atoms with Crippen molar-refractivity contribution in [2.75, 3.05) is 17.3 Å². The Labute approximate surface area is 166 Å². The van der Waals surface area contributed by atoms with Crippen LogP contribution in [0.5, 0.6) is 0 Å². The number of nitrogens with zero attached hydrogens (tertiary/aromatic N) is 1. The van der Waals surface area contributed by atoms with Crippen molar-refractivity contribution in [3.05, 3.63) is 69.9 Å². The average Bonchev–Trinajstić information content (AvgIpc) is 2.75. The highest BCUT2D eigenvalue weighted by Gasteiger charge is 2.24. The Morgan fingerprint density at radius 1 is 1.04 bits per heavy atom. The molecule has 1 amide bonds. The fourth-order valence-corrected chi connectivity index (χ4v) is 3.31. The van der Waals surface area contributed by atoms with Gasteiger partial charge in [-0.05, 0) is 62.1 Å². The summed E-state index contributed by atoms with van der Waals surface area (Å²) < 4.78 is 4.77. The first-order chi connectivity index (χ1) is 13.3. The summed E-state index contributed by atoms with van der Waals surface area (Å²) in [7, 11) is 1.34. The van der Waals surface area contributed by atoms with E-state index < -0.39 is 0 Å². The number of amides is 1. The van der Waals surface area contributed by atoms with Gasteiger partial charge in [-0.3, -0.25) is 9.59 Å². The Kier molecular flexibility index (Phi) is 5.54. The third kappa shape index (κ3) is 4.09. The molecule has 5 heteroatoms. The summed E-state index contributed by atoms with van der Waals surface area (Å²) in [6.45, 7) is 8.62. The van der Waals surface area contributed by atoms with E-state index in [1.54, 1.807) is 4.90 Å². The molecule has 3 rings (SSSR count). The lowest BCUT2D eigenvalue weighted by molar-refractivity contribution is -0.139. The molecule has 0 saturated heterocycles. The predicted molar refractivity (Wildman–Crippen MR) is 111 cm³/mol. The van der Waals surface area contributed by atoms with Gasteiger partial charge in [0.15, 0.2) is 0 Å². The second-order valence-electron chi connectivity index (χ2n) is 7.36. The van der Waals surface area contributed by atoms with Gasteiger partial charge >= 0.3 is 5.97 Å². The van der Waals surface area contributed by atoms with Gasteiger partial charge in [-0.25, -0.2) is 0 Å². The molecule has 2 aromatic carbocycles. The molecule has 5 nitrogen and oxygen atoms in total. The Morgan fingerprint density at radius 3 is 2.46 bits per heavy atom. The van der Waals surface area contributed by atoms with Crippen LogP contribution < -0.4 is 10.2 Å². The predicted octanol–water partition coefficient (Wildman–Crippen LogP) is 4.33. The third-order valence-electron chi connectivity index (χ3n) is 5.16. The molecule has 0 aliphatic carbocycles. The Balaban J connectivity index is 2.07. The first kappa shape index (κ1) is 19.7. The van der Waals surface area contributed by atoms with Crippen molar-refractivity contribution in [2.24, 2.45) is 0 Å². The molecule has 0 spiro atoms. The first-order valence-electron chi connectivity index (χ1n) is 9.31. The molecule has 0 unspecified atom stereocenters. The van der Waals surface area contributed by atoms with E-state index in [1.807, 2.05) is 32.9 Å². The fourth-order valence-electron chi connectivity index (χ4n) is 3.31. The van der Waals surface area contributed by atoms with E-state index in [0.717, 1.165) is 39.2 Å². The minimum atomic E-state index is -0.389. The van der Waals surface area contributed by atoms with Gasteiger partial charge in [-0.2, -0.15) is 0 Å². The SMILES string of the molecule is COC(=O)CC1=CC(=O)N(Cc2cc(C)ccc2C)c2cc(C)c(C)cc2N1. The van der Waals surface area contributed by atoms with E-state index in [4.69, 9.17) is 4.74 Å². The van der Waals surface area contributed by atoms with E-state index in [2.05, 4.69) is 30.4 Å². The lowest BCUT2D eigenvalue weighted by Gasteiger charge is -2.24. The Hall–Kier alpha value is -3.08. The molecule has 1 aliphatic rings. The maximum atomic E-state index is 13.1. The number of hydrogen-bond acceptors (Lipinski definition) is 4. The number of esters is 1. The zero-order valence-corrected chi connectivity index (χ0v) is 17.1. The number of anilines is 2. The Bertz CT molecular complexity index is 976. The molecule has 2 aromatic rings. The van der Waals surface area contributed by atoms with Gasteiger partial charge in [-0.1, -0.05) is 23.8 Å². The molecular weight excluding hydrogens is 352 g/mol. The number of carbonyl (C=O) groups is 2. The highest BCUT2D eigenvalue weighted by atomic mass is 16.5. The zero-order valence-electron chi connectivity index (χ0n) is 17.1. The van der Waals surface area contributed by atoms with Crippen LogP contribution in [0.4, 0.5) is 11.4 Å². The van der Waals surface area contributed by atoms with Crippen LogP contribution in [-0.4, -0.2) is 19.0 Å². The topological polar surface area (TPSA) is 58.6 Å². The molecule has 0 atom stereocenters. The van der Waals surface area contributed by atoms with Crippen LogP contribution in [0.2, 0.25) is 0 Å². The highest BCUT2D eigenvalue weighted by Crippen LogP contribution is 2.34. The van der Waals surface area contributed by atoms with E-state index in [-0.39, 0.29) is 18.3 Å². The largest absolute Gasteiger partial charge is 0.469 e. The molecule has 1 heterocycles. The van der Waals surface area contributed by atoms with E-state index in [9.17, 15) is 9.59 Å². The van der Waals surface area contributed by atoms with Crippen LogP contribution in [0.15, 0.2) is 42.1 Å². The molecule has 1 N–H and O–H groups in total. The van der Waals surface area contributed by atoms with Gasteiger partial charge in [-0.15, -0.1) is 0 Å². The molecule has 0 aromatic heterocycles. The lowest BCUT2D eigenvalue weighted by Crippen LogP contribution is -2.29. The molecule has 28 heavy (non-hydrogen) atoms. The van der Waals surface area contributed by atoms with E-state index >= 15 is 0 Å². The zero-order chi connectivity index (χ0) is 20.4. The smallest absolute Gasteiger partial charge is 0.311 e. The summed E-state index contributed by atoms with van der Waals surface area (Å²) in [5.74, 6) is -0.547. The summed E-state index contributed by atoms with van der Waals surface area (Å²) in [6, 6.07) is 10.3. The quantitative estimate of drug-likeness (QED) is 0.805. The molecule has 0 radical (unpaired) electrons. The lowest BCUT2D eigenvalue weighted by atomic mass is 10.0. The van der Waals surface area contributed by atoms with Gasteiger partial charge in [0, 0.05) is 11.8 Å². The number of benzene rings is 2. The van der Waals surface area contributed by atoms with Crippen molar-refractivity contribution in [2.45, 2.75) is 40.7 Å². The first-order valence-corrected chi connectivity index (χ1v) is 9.31. The van der Waals surface area contributed by atoms with Crippen molar-refractivity contribution in [3.8, 4) is 0 Å². The molecule has 146 valence electrons. The molecule has 0 bridgehead atoms. The molecular formula is C23H26N2O3. The van der Waals surface area contributed by atoms with E-state index in [1.165, 1.54) is 13.2 Å². The summed E-state index contributed by atoms with van der Waals surface area (Å²) in [6.07, 6.45) is 1.51. The van der Waals surface area contributed by atoms with Gasteiger partial charge in [0.2, 0.25) is 0 Å². The summed E-state index contributed by atoms with van der Waals surface area (Å²) in [5, 5.41) is 3.26. The molecule has 1 aliphatic heterocycles. The highest BCUT2D eigenvalue weighted by molar-refractivity contribution is 6.06. The minimum absolute atomic E-state index is 0.0198. The van der Waals surface area contributed by atoms with Crippen LogP contribution in [-0.2, 0) is 20.9 Å². The number of hydrogen-bond donors (Lipinski definition) is 1. The summed E-state index contributed by atoms with van der Waals surface area (Å²) >= 11 is 0. The number of carbonyl (C=O) groups excluding carboxylic acids is 2. The standard InChI is InChI=1S/C23H26N2O3/c1-14-6-7-15(2)18(8-14)13-25-21-10-17(4)16(3)9-20(21)24-19(11-22(25)26)12-23(27)28-5/h6-11,24H,12-13H2,1-5H3. The minimum Gasteiger partial charge on any atom is -0.469 e. The Morgan fingerprint density at radius 2 is 1.75 bits per heavy atom. The third-order valence-corrected chi connectivity index (χ3v) is 5.16. The number of nitrogens with one attached hydrogen (secondary N) is 1. The van der Waals surface area contributed by atoms with Crippen molar-refractivity contribution in [1.82, 2.24) is 0 Å². The molecule has 0 fully saturated rings. The number of methoxy groups -OCH3 is 1. The molecule has 0 saturated carbocycles. The van der Waals surface area contributed by atoms with Crippen molar-refractivity contribution in [3.63, 3.8) is 0 Å². The van der Waals surface area contributed by atoms with Gasteiger partial charge in [0.1, 0.15) is 0 Å². The van der Waals surface area contributed by atoms with Gasteiger partial charge in [0.25, 0.3) is 5.91 Å². The number of ether oxygens (including phenoxy) is 1. The summed E-state index contributed by atoms with van der Waals surface area (Å²) in [4.78, 5) is 26.6. The van der Waals surface area contributed by atoms with Crippen LogP contribution in [0.3, 0.4) is 0 Å². The average molecular weight is 378 g/mol. The number of fused-ring (bicyclic) bond motifs is 1. The summed E-state index contributed by atoms with van der Waals surface area (Å²) in [5.41, 5.74) is 7.77. The number of aryl methyl sites for hydroxylation is 4. The van der Waals surface area contributed by atoms with Crippen molar-refractivity contribution < 1.29 is 14.3 Å². The van der Waals surface area contributed by atoms with Crippen LogP contribution in [0.25, 0.3) is 0 Å². The van der Waals surface area contributed by atoms with Crippen molar-refractivity contribution >= 4 is 23.3 Å². The van der Waals surface area contributed by atoms with Crippen LogP contribution >= 0.6 is 0 Å². The fraction of sp³-hybridized carbons (Fsp3) is 0.304. The maximum Gasteiger partial charge on any atom is 0.311 e. The second kappa shape index (κ2) is 7.89.